The molecule has 4 rings (SSSR count). The van der Waals surface area contributed by atoms with Gasteiger partial charge in [0, 0.05) is 56.3 Å². The summed E-state index contributed by atoms with van der Waals surface area (Å²) in [6, 6.07) is 11.4. The van der Waals surface area contributed by atoms with Crippen molar-refractivity contribution in [3.05, 3.63) is 59.4 Å². The number of halogens is 1. The first-order valence-corrected chi connectivity index (χ1v) is 12.6. The van der Waals surface area contributed by atoms with E-state index in [9.17, 15) is 18.8 Å². The molecule has 192 valence electrons. The van der Waals surface area contributed by atoms with Crippen LogP contribution in [0.3, 0.4) is 0 Å². The van der Waals surface area contributed by atoms with E-state index in [1.807, 2.05) is 6.07 Å². The number of anilines is 2. The third kappa shape index (κ3) is 6.40. The highest BCUT2D eigenvalue weighted by molar-refractivity contribution is 5.99. The van der Waals surface area contributed by atoms with Gasteiger partial charge in [-0.15, -0.1) is 0 Å². The third-order valence-corrected chi connectivity index (χ3v) is 6.87. The molecular weight excluding hydrogens is 461 g/mol. The first kappa shape index (κ1) is 25.6. The quantitative estimate of drug-likeness (QED) is 0.591. The van der Waals surface area contributed by atoms with Crippen molar-refractivity contribution in [1.82, 2.24) is 10.2 Å². The second-order valence-electron chi connectivity index (χ2n) is 9.64. The molecule has 1 saturated carbocycles. The number of amides is 3. The van der Waals surface area contributed by atoms with E-state index < -0.39 is 5.82 Å². The molecule has 2 fully saturated rings. The van der Waals surface area contributed by atoms with E-state index in [2.05, 4.69) is 15.5 Å². The van der Waals surface area contributed by atoms with Gasteiger partial charge >= 0.3 is 0 Å². The number of carbonyl (C=O) groups excluding carboxylic acids is 3. The van der Waals surface area contributed by atoms with Crippen LogP contribution in [0.4, 0.5) is 15.8 Å². The minimum atomic E-state index is -0.437. The van der Waals surface area contributed by atoms with E-state index in [1.54, 1.807) is 23.1 Å². The molecule has 1 aliphatic carbocycles. The molecule has 1 aliphatic heterocycles. The molecule has 0 aromatic heterocycles. The van der Waals surface area contributed by atoms with Crippen LogP contribution >= 0.6 is 0 Å². The summed E-state index contributed by atoms with van der Waals surface area (Å²) in [5, 5.41) is 5.95. The van der Waals surface area contributed by atoms with Gasteiger partial charge in [0.2, 0.25) is 5.91 Å². The van der Waals surface area contributed by atoms with Crippen LogP contribution in [0.15, 0.2) is 42.5 Å². The highest BCUT2D eigenvalue weighted by Gasteiger charge is 2.24. The smallest absolute Gasteiger partial charge is 0.254 e. The van der Waals surface area contributed by atoms with Gasteiger partial charge in [-0.05, 0) is 68.5 Å². The highest BCUT2D eigenvalue weighted by atomic mass is 19.1. The zero-order valence-electron chi connectivity index (χ0n) is 20.6. The summed E-state index contributed by atoms with van der Waals surface area (Å²) in [7, 11) is 0. The lowest BCUT2D eigenvalue weighted by atomic mass is 9.91. The minimum Gasteiger partial charge on any atom is -0.368 e. The highest BCUT2D eigenvalue weighted by Crippen LogP contribution is 2.29. The Labute approximate surface area is 211 Å². The summed E-state index contributed by atoms with van der Waals surface area (Å²) in [4.78, 5) is 41.6. The zero-order chi connectivity index (χ0) is 25.7. The third-order valence-electron chi connectivity index (χ3n) is 6.87. The summed E-state index contributed by atoms with van der Waals surface area (Å²) < 4.78 is 13.6. The Morgan fingerprint density at radius 1 is 0.944 bits per heavy atom. The van der Waals surface area contributed by atoms with Crippen LogP contribution in [0.1, 0.15) is 59.7 Å². The first-order chi connectivity index (χ1) is 17.3. The van der Waals surface area contributed by atoms with Crippen LogP contribution in [0.2, 0.25) is 0 Å². The summed E-state index contributed by atoms with van der Waals surface area (Å²) >= 11 is 0. The molecule has 0 unspecified atom stereocenters. The van der Waals surface area contributed by atoms with Crippen LogP contribution in [-0.2, 0) is 4.79 Å². The van der Waals surface area contributed by atoms with Crippen LogP contribution in [-0.4, -0.2) is 60.9 Å². The van der Waals surface area contributed by atoms with Gasteiger partial charge in [-0.2, -0.15) is 0 Å². The lowest BCUT2D eigenvalue weighted by Gasteiger charge is -2.28. The number of benzene rings is 2. The van der Waals surface area contributed by atoms with Gasteiger partial charge in [0.25, 0.3) is 11.8 Å². The second-order valence-corrected chi connectivity index (χ2v) is 9.64. The maximum atomic E-state index is 13.6. The Morgan fingerprint density at radius 2 is 1.72 bits per heavy atom. The maximum absolute atomic E-state index is 13.6. The molecule has 2 aliphatic rings. The molecule has 2 aromatic rings. The predicted octanol–water partition coefficient (Wildman–Crippen LogP) is 3.14. The van der Waals surface area contributed by atoms with Crippen molar-refractivity contribution in [1.29, 1.82) is 0 Å². The lowest BCUT2D eigenvalue weighted by Crippen LogP contribution is -2.40. The fourth-order valence-corrected chi connectivity index (χ4v) is 4.94. The van der Waals surface area contributed by atoms with Gasteiger partial charge in [-0.3, -0.25) is 14.4 Å². The second kappa shape index (κ2) is 11.5. The standard InChI is InChI=1S/C27H34FN5O3/c1-18(34)30-24-17-19(26(35)31-23-9-7-22(29)8-10-23)6-11-25(24)32-12-3-13-33(15-14-32)27(36)20-4-2-5-21(28)16-20/h2,4-6,11,16-17,22-23H,3,7-10,12-15,29H2,1H3,(H,30,34)(H,31,35). The van der Waals surface area contributed by atoms with Crippen molar-refractivity contribution >= 4 is 29.1 Å². The molecule has 1 saturated heterocycles. The minimum absolute atomic E-state index is 0.105. The van der Waals surface area contributed by atoms with Crippen molar-refractivity contribution in [2.45, 2.75) is 51.1 Å². The van der Waals surface area contributed by atoms with Crippen LogP contribution in [0.5, 0.6) is 0 Å². The Hall–Kier alpha value is -3.46. The summed E-state index contributed by atoms with van der Waals surface area (Å²) in [5.41, 5.74) is 8.14. The number of carbonyl (C=O) groups is 3. The summed E-state index contributed by atoms with van der Waals surface area (Å²) in [6.07, 6.45) is 4.24. The fraction of sp³-hybridized carbons (Fsp3) is 0.444. The van der Waals surface area contributed by atoms with Crippen LogP contribution in [0, 0.1) is 5.82 Å². The van der Waals surface area contributed by atoms with Crippen LogP contribution < -0.4 is 21.3 Å². The molecule has 3 amide bonds. The van der Waals surface area contributed by atoms with Gasteiger partial charge in [0.05, 0.1) is 11.4 Å². The average molecular weight is 496 g/mol. The molecule has 0 radical (unpaired) electrons. The van der Waals surface area contributed by atoms with Crippen molar-refractivity contribution < 1.29 is 18.8 Å². The van der Waals surface area contributed by atoms with E-state index in [0.29, 0.717) is 49.4 Å². The van der Waals surface area contributed by atoms with Crippen LogP contribution in [0.25, 0.3) is 0 Å². The molecule has 36 heavy (non-hydrogen) atoms. The van der Waals surface area contributed by atoms with Gasteiger partial charge in [0.15, 0.2) is 0 Å². The number of nitrogens with zero attached hydrogens (tertiary/aromatic N) is 2. The first-order valence-electron chi connectivity index (χ1n) is 12.6. The molecule has 8 nitrogen and oxygen atoms in total. The van der Waals surface area contributed by atoms with Crippen molar-refractivity contribution in [2.24, 2.45) is 5.73 Å². The predicted molar refractivity (Wildman–Crippen MR) is 138 cm³/mol. The van der Waals surface area contributed by atoms with Gasteiger partial charge < -0.3 is 26.2 Å². The average Bonchev–Trinajstić information content (AvgIpc) is 3.11. The van der Waals surface area contributed by atoms with E-state index in [4.69, 9.17) is 5.73 Å². The number of hydrogen-bond donors (Lipinski definition) is 3. The van der Waals surface area contributed by atoms with Crippen molar-refractivity contribution in [3.8, 4) is 0 Å². The number of nitrogens with two attached hydrogens (primary N) is 1. The largest absolute Gasteiger partial charge is 0.368 e. The SMILES string of the molecule is CC(=O)Nc1cc(C(=O)NC2CCC(N)CC2)ccc1N1CCCN(C(=O)c2cccc(F)c2)CC1. The molecule has 0 bridgehead atoms. The molecule has 9 heteroatoms. The molecule has 2 aromatic carbocycles. The topological polar surface area (TPSA) is 108 Å². The van der Waals surface area contributed by atoms with Gasteiger partial charge in [0.1, 0.15) is 5.82 Å². The molecule has 1 heterocycles. The van der Waals surface area contributed by atoms with Crippen molar-refractivity contribution in [2.75, 3.05) is 36.4 Å². The van der Waals surface area contributed by atoms with E-state index >= 15 is 0 Å². The monoisotopic (exact) mass is 495 g/mol. The number of hydrogen-bond acceptors (Lipinski definition) is 5. The van der Waals surface area contributed by atoms with E-state index in [-0.39, 0.29) is 29.8 Å². The Morgan fingerprint density at radius 3 is 2.44 bits per heavy atom. The van der Waals surface area contributed by atoms with Crippen molar-refractivity contribution in [3.63, 3.8) is 0 Å². The van der Waals surface area contributed by atoms with E-state index in [1.165, 1.54) is 25.1 Å². The molecule has 0 atom stereocenters. The summed E-state index contributed by atoms with van der Waals surface area (Å²) in [6.45, 7) is 3.66. The zero-order valence-corrected chi connectivity index (χ0v) is 20.6. The van der Waals surface area contributed by atoms with E-state index in [0.717, 1.165) is 31.4 Å². The fourth-order valence-electron chi connectivity index (χ4n) is 4.94. The lowest BCUT2D eigenvalue weighted by molar-refractivity contribution is -0.114. The summed E-state index contributed by atoms with van der Waals surface area (Å²) in [5.74, 6) is -1.04. The Bertz CT molecular complexity index is 1120. The molecular formula is C27H34FN5O3. The maximum Gasteiger partial charge on any atom is 0.254 e. The Kier molecular flexibility index (Phi) is 8.20. The molecule has 0 spiro atoms. The number of rotatable bonds is 5. The molecule has 4 N–H and O–H groups in total. The van der Waals surface area contributed by atoms with Gasteiger partial charge in [-0.1, -0.05) is 6.07 Å². The normalized spacial score (nSPS) is 20.4. The Balaban J connectivity index is 1.47. The van der Waals surface area contributed by atoms with Gasteiger partial charge in [-0.25, -0.2) is 4.39 Å². The number of nitrogens with one attached hydrogen (secondary N) is 2.